The highest BCUT2D eigenvalue weighted by atomic mass is 16.4. The average Bonchev–Trinajstić information content (AvgIpc) is 3.84. The molecule has 0 fully saturated rings. The summed E-state index contributed by atoms with van der Waals surface area (Å²) in [4.78, 5) is 0. The first-order valence-electron chi connectivity index (χ1n) is 19.2. The normalized spacial score (nSPS) is 11.9. The lowest BCUT2D eigenvalue weighted by Gasteiger charge is -2.18. The summed E-state index contributed by atoms with van der Waals surface area (Å²) in [5, 5.41) is 11.8. The quantitative estimate of drug-likeness (QED) is 0.170. The maximum Gasteiger partial charge on any atom is 0.178 e. The van der Waals surface area contributed by atoms with Gasteiger partial charge < -0.3 is 8.83 Å². The van der Waals surface area contributed by atoms with Gasteiger partial charge in [-0.15, -0.1) is 0 Å². The average molecular weight is 713 g/mol. The van der Waals surface area contributed by atoms with E-state index in [-0.39, 0.29) is 0 Å². The van der Waals surface area contributed by atoms with Crippen molar-refractivity contribution in [1.82, 2.24) is 0 Å². The topological polar surface area (TPSA) is 26.3 Å². The second kappa shape index (κ2) is 12.0. The first-order valence-corrected chi connectivity index (χ1v) is 19.2. The van der Waals surface area contributed by atoms with Crippen molar-refractivity contribution in [2.45, 2.75) is 0 Å². The van der Waals surface area contributed by atoms with Crippen LogP contribution in [0.1, 0.15) is 0 Å². The zero-order valence-electron chi connectivity index (χ0n) is 30.3. The van der Waals surface area contributed by atoms with Gasteiger partial charge in [0.25, 0.3) is 0 Å². The Morgan fingerprint density at radius 3 is 1.43 bits per heavy atom. The highest BCUT2D eigenvalue weighted by Gasteiger charge is 2.19. The number of rotatable bonds is 4. The van der Waals surface area contributed by atoms with Gasteiger partial charge in [-0.25, -0.2) is 0 Å². The van der Waals surface area contributed by atoms with Gasteiger partial charge in [-0.3, -0.25) is 0 Å². The number of fused-ring (bicyclic) bond motifs is 10. The lowest BCUT2D eigenvalue weighted by Crippen LogP contribution is -1.91. The minimum atomic E-state index is 0.793. The molecule has 0 N–H and O–H groups in total. The molecule has 2 aromatic heterocycles. The van der Waals surface area contributed by atoms with Gasteiger partial charge in [-0.1, -0.05) is 152 Å². The number of furan rings is 2. The summed E-state index contributed by atoms with van der Waals surface area (Å²) in [6.45, 7) is 0. The second-order valence-electron chi connectivity index (χ2n) is 14.8. The van der Waals surface area contributed by atoms with Gasteiger partial charge in [0, 0.05) is 21.5 Å². The van der Waals surface area contributed by atoms with Crippen LogP contribution in [-0.2, 0) is 0 Å². The SMILES string of the molecule is c1cc(-c2ccc3oc4c(ccc5c6ccccc6oc54)c3c2)cc(-c2c3ccccc3c(-c3ccc(-c4ccc5ccccc5c4)cc3)c3ccccc23)c1. The lowest BCUT2D eigenvalue weighted by molar-refractivity contribution is 0.633. The Labute approximate surface area is 322 Å². The maximum atomic E-state index is 6.47. The predicted octanol–water partition coefficient (Wildman–Crippen LogP) is 15.6. The van der Waals surface area contributed by atoms with Crippen LogP contribution in [0.4, 0.5) is 0 Å². The monoisotopic (exact) mass is 712 g/mol. The van der Waals surface area contributed by atoms with Gasteiger partial charge in [-0.2, -0.15) is 0 Å². The van der Waals surface area contributed by atoms with Crippen molar-refractivity contribution in [3.63, 3.8) is 0 Å². The molecule has 2 heterocycles. The smallest absolute Gasteiger partial charge is 0.178 e. The summed E-state index contributed by atoms with van der Waals surface area (Å²) < 4.78 is 12.8. The molecular formula is C54H32O2. The van der Waals surface area contributed by atoms with Crippen LogP contribution in [0.2, 0.25) is 0 Å². The van der Waals surface area contributed by atoms with E-state index < -0.39 is 0 Å². The van der Waals surface area contributed by atoms with E-state index in [2.05, 4.69) is 176 Å². The molecule has 0 spiro atoms. The molecule has 0 radical (unpaired) electrons. The van der Waals surface area contributed by atoms with E-state index in [1.54, 1.807) is 0 Å². The summed E-state index contributed by atoms with van der Waals surface area (Å²) in [6.07, 6.45) is 0. The van der Waals surface area contributed by atoms with Gasteiger partial charge in [0.15, 0.2) is 11.2 Å². The van der Waals surface area contributed by atoms with Crippen LogP contribution < -0.4 is 0 Å². The lowest BCUT2D eigenvalue weighted by atomic mass is 9.85. The molecule has 56 heavy (non-hydrogen) atoms. The van der Waals surface area contributed by atoms with E-state index in [1.807, 2.05) is 18.2 Å². The second-order valence-corrected chi connectivity index (χ2v) is 14.8. The third-order valence-corrected chi connectivity index (χ3v) is 11.7. The largest absolute Gasteiger partial charge is 0.452 e. The Balaban J connectivity index is 0.985. The van der Waals surface area contributed by atoms with Gasteiger partial charge in [0.2, 0.25) is 0 Å². The molecule has 12 rings (SSSR count). The van der Waals surface area contributed by atoms with Crippen molar-refractivity contribution in [3.05, 3.63) is 194 Å². The molecule has 0 amide bonds. The highest BCUT2D eigenvalue weighted by Crippen LogP contribution is 2.45. The van der Waals surface area contributed by atoms with Crippen LogP contribution in [0, 0.1) is 0 Å². The standard InChI is InChI=1S/C54H32O2/c1-2-11-36-30-38(25-22-33(36)10-1)34-20-23-35(24-21-34)51-42-15-3-5-17-44(42)52(45-18-6-4-16-43(45)51)40-13-9-12-37(31-40)39-26-29-50-48(32-39)47-28-27-46-41-14-7-8-19-49(41)55-53(46)54(47)56-50/h1-32H. The molecular weight excluding hydrogens is 681 g/mol. The molecule has 2 nitrogen and oxygen atoms in total. The first-order chi connectivity index (χ1) is 27.7. The van der Waals surface area contributed by atoms with Crippen molar-refractivity contribution >= 4 is 76.2 Å². The van der Waals surface area contributed by atoms with E-state index in [4.69, 9.17) is 8.83 Å². The Bertz CT molecular complexity index is 3470. The van der Waals surface area contributed by atoms with Crippen molar-refractivity contribution < 1.29 is 8.83 Å². The van der Waals surface area contributed by atoms with Crippen LogP contribution in [0.15, 0.2) is 203 Å². The summed E-state index contributed by atoms with van der Waals surface area (Å²) in [5.41, 5.74) is 13.0. The Morgan fingerprint density at radius 1 is 0.232 bits per heavy atom. The van der Waals surface area contributed by atoms with Crippen LogP contribution >= 0.6 is 0 Å². The number of benzene rings is 10. The van der Waals surface area contributed by atoms with E-state index in [1.165, 1.54) is 65.7 Å². The molecule has 2 heteroatoms. The zero-order chi connectivity index (χ0) is 36.7. The molecule has 0 saturated carbocycles. The Morgan fingerprint density at radius 2 is 0.714 bits per heavy atom. The molecule has 0 atom stereocenters. The van der Waals surface area contributed by atoms with Crippen LogP contribution in [-0.4, -0.2) is 0 Å². The fraction of sp³-hybridized carbons (Fsp3) is 0. The van der Waals surface area contributed by atoms with Gasteiger partial charge >= 0.3 is 0 Å². The van der Waals surface area contributed by atoms with Crippen molar-refractivity contribution in [2.24, 2.45) is 0 Å². The molecule has 12 aromatic rings. The summed E-state index contributed by atoms with van der Waals surface area (Å²) in [7, 11) is 0. The predicted molar refractivity (Wildman–Crippen MR) is 235 cm³/mol. The van der Waals surface area contributed by atoms with Gasteiger partial charge in [0.1, 0.15) is 11.2 Å². The minimum Gasteiger partial charge on any atom is -0.452 e. The van der Waals surface area contributed by atoms with Crippen LogP contribution in [0.5, 0.6) is 0 Å². The molecule has 0 unspecified atom stereocenters. The Hall–Kier alpha value is -7.42. The van der Waals surface area contributed by atoms with Gasteiger partial charge in [-0.05, 0) is 119 Å². The van der Waals surface area contributed by atoms with Crippen molar-refractivity contribution in [2.75, 3.05) is 0 Å². The van der Waals surface area contributed by atoms with Crippen LogP contribution in [0.3, 0.4) is 0 Å². The number of hydrogen-bond donors (Lipinski definition) is 0. The third-order valence-electron chi connectivity index (χ3n) is 11.7. The van der Waals surface area contributed by atoms with E-state index in [9.17, 15) is 0 Å². The number of para-hydroxylation sites is 1. The molecule has 0 bridgehead atoms. The summed E-state index contributed by atoms with van der Waals surface area (Å²) >= 11 is 0. The first kappa shape index (κ1) is 31.0. The molecule has 0 aliphatic carbocycles. The zero-order valence-corrected chi connectivity index (χ0v) is 30.3. The summed E-state index contributed by atoms with van der Waals surface area (Å²) in [6, 6.07) is 70.1. The molecule has 0 aliphatic rings. The molecule has 0 saturated heterocycles. The minimum absolute atomic E-state index is 0.793. The van der Waals surface area contributed by atoms with Crippen molar-refractivity contribution in [1.29, 1.82) is 0 Å². The molecule has 260 valence electrons. The molecule has 10 aromatic carbocycles. The van der Waals surface area contributed by atoms with E-state index in [0.717, 1.165) is 55.0 Å². The van der Waals surface area contributed by atoms with Gasteiger partial charge in [0.05, 0.1) is 0 Å². The van der Waals surface area contributed by atoms with E-state index >= 15 is 0 Å². The van der Waals surface area contributed by atoms with E-state index in [0.29, 0.717) is 0 Å². The van der Waals surface area contributed by atoms with Crippen molar-refractivity contribution in [3.8, 4) is 44.5 Å². The Kier molecular flexibility index (Phi) is 6.66. The third kappa shape index (κ3) is 4.69. The fourth-order valence-corrected chi connectivity index (χ4v) is 9.00. The maximum absolute atomic E-state index is 6.47. The van der Waals surface area contributed by atoms with Crippen LogP contribution in [0.25, 0.3) is 121 Å². The highest BCUT2D eigenvalue weighted by molar-refractivity contribution is 6.22. The number of hydrogen-bond acceptors (Lipinski definition) is 2. The molecule has 0 aliphatic heterocycles. The summed E-state index contributed by atoms with van der Waals surface area (Å²) in [5.74, 6) is 0. The fourth-order valence-electron chi connectivity index (χ4n) is 9.00.